The fourth-order valence-corrected chi connectivity index (χ4v) is 4.48. The van der Waals surface area contributed by atoms with Crippen LogP contribution in [-0.2, 0) is 19.4 Å². The summed E-state index contributed by atoms with van der Waals surface area (Å²) in [6, 6.07) is 13.0. The predicted octanol–water partition coefficient (Wildman–Crippen LogP) is 4.64. The average molecular weight is 352 g/mol. The Hall–Kier alpha value is -1.91. The molecule has 1 aliphatic rings. The molecular weight excluding hydrogens is 326 g/mol. The SMILES string of the molecule is c1ccc(CCc2cn[nH]c2C2CCN(Cc3ccsc3)CC2)cc1. The average Bonchev–Trinajstić information content (AvgIpc) is 3.33. The number of aryl methyl sites for hydroxylation is 2. The summed E-state index contributed by atoms with van der Waals surface area (Å²) < 4.78 is 0. The second-order valence-electron chi connectivity index (χ2n) is 6.98. The third-order valence-electron chi connectivity index (χ3n) is 5.26. The standard InChI is InChI=1S/C21H25N3S/c1-2-4-17(5-3-1)6-7-20-14-22-23-21(20)19-8-11-24(12-9-19)15-18-10-13-25-16-18/h1-5,10,13-14,16,19H,6-9,11-12,15H2,(H,22,23). The van der Waals surface area contributed by atoms with Crippen LogP contribution >= 0.6 is 11.3 Å². The number of H-pyrrole nitrogens is 1. The zero-order chi connectivity index (χ0) is 16.9. The molecule has 4 heteroatoms. The number of aromatic nitrogens is 2. The molecule has 0 atom stereocenters. The summed E-state index contributed by atoms with van der Waals surface area (Å²) in [7, 11) is 0. The number of benzene rings is 1. The van der Waals surface area contributed by atoms with E-state index in [0.29, 0.717) is 5.92 Å². The van der Waals surface area contributed by atoms with Crippen LogP contribution in [0, 0.1) is 0 Å². The Balaban J connectivity index is 1.33. The van der Waals surface area contributed by atoms with Crippen molar-refractivity contribution in [3.63, 3.8) is 0 Å². The Morgan fingerprint density at radius 2 is 1.88 bits per heavy atom. The van der Waals surface area contributed by atoms with Crippen LogP contribution in [0.1, 0.15) is 41.1 Å². The van der Waals surface area contributed by atoms with E-state index in [1.807, 2.05) is 6.20 Å². The number of likely N-dealkylation sites (tertiary alicyclic amines) is 1. The van der Waals surface area contributed by atoms with E-state index < -0.39 is 0 Å². The Kier molecular flexibility index (Phi) is 5.28. The van der Waals surface area contributed by atoms with Gasteiger partial charge in [0.25, 0.3) is 0 Å². The van der Waals surface area contributed by atoms with Crippen LogP contribution < -0.4 is 0 Å². The van der Waals surface area contributed by atoms with Crippen molar-refractivity contribution in [1.82, 2.24) is 15.1 Å². The minimum absolute atomic E-state index is 0.631. The van der Waals surface area contributed by atoms with Crippen molar-refractivity contribution in [2.75, 3.05) is 13.1 Å². The van der Waals surface area contributed by atoms with E-state index >= 15 is 0 Å². The first-order valence-electron chi connectivity index (χ1n) is 9.18. The molecule has 0 amide bonds. The lowest BCUT2D eigenvalue weighted by Gasteiger charge is -2.31. The third-order valence-corrected chi connectivity index (χ3v) is 5.99. The van der Waals surface area contributed by atoms with Crippen LogP contribution in [0.3, 0.4) is 0 Å². The van der Waals surface area contributed by atoms with Crippen molar-refractivity contribution in [2.45, 2.75) is 38.1 Å². The van der Waals surface area contributed by atoms with Gasteiger partial charge in [0.2, 0.25) is 0 Å². The first-order valence-corrected chi connectivity index (χ1v) is 10.1. The van der Waals surface area contributed by atoms with Crippen LogP contribution in [-0.4, -0.2) is 28.2 Å². The van der Waals surface area contributed by atoms with E-state index in [9.17, 15) is 0 Å². The second-order valence-corrected chi connectivity index (χ2v) is 7.76. The van der Waals surface area contributed by atoms with Gasteiger partial charge in [0, 0.05) is 18.2 Å². The highest BCUT2D eigenvalue weighted by atomic mass is 32.1. The van der Waals surface area contributed by atoms with Crippen molar-refractivity contribution in [3.8, 4) is 0 Å². The van der Waals surface area contributed by atoms with Gasteiger partial charge in [-0.15, -0.1) is 0 Å². The summed E-state index contributed by atoms with van der Waals surface area (Å²) >= 11 is 1.79. The van der Waals surface area contributed by atoms with Gasteiger partial charge in [-0.1, -0.05) is 30.3 Å². The molecule has 0 saturated carbocycles. The van der Waals surface area contributed by atoms with Crippen LogP contribution in [0.15, 0.2) is 53.4 Å². The summed E-state index contributed by atoms with van der Waals surface area (Å²) in [6.07, 6.45) is 6.65. The number of rotatable bonds is 6. The van der Waals surface area contributed by atoms with Crippen LogP contribution in [0.5, 0.6) is 0 Å². The normalized spacial score (nSPS) is 16.3. The maximum absolute atomic E-state index is 4.35. The van der Waals surface area contributed by atoms with Gasteiger partial charge in [0.05, 0.1) is 6.20 Å². The molecule has 2 aromatic heterocycles. The van der Waals surface area contributed by atoms with Crippen molar-refractivity contribution in [1.29, 1.82) is 0 Å². The van der Waals surface area contributed by atoms with Crippen molar-refractivity contribution >= 4 is 11.3 Å². The Morgan fingerprint density at radius 1 is 1.04 bits per heavy atom. The Labute approximate surface area is 153 Å². The van der Waals surface area contributed by atoms with E-state index in [1.165, 1.54) is 48.3 Å². The Morgan fingerprint density at radius 3 is 2.64 bits per heavy atom. The molecule has 1 aromatic carbocycles. The summed E-state index contributed by atoms with van der Waals surface area (Å²) in [5.41, 5.74) is 5.64. The molecule has 25 heavy (non-hydrogen) atoms. The summed E-state index contributed by atoms with van der Waals surface area (Å²) in [5.74, 6) is 0.631. The van der Waals surface area contributed by atoms with Crippen LogP contribution in [0.2, 0.25) is 0 Å². The van der Waals surface area contributed by atoms with Crippen LogP contribution in [0.25, 0.3) is 0 Å². The monoisotopic (exact) mass is 351 g/mol. The topological polar surface area (TPSA) is 31.9 Å². The maximum Gasteiger partial charge on any atom is 0.0522 e. The molecule has 0 radical (unpaired) electrons. The highest BCUT2D eigenvalue weighted by Gasteiger charge is 2.23. The van der Waals surface area contributed by atoms with Gasteiger partial charge in [-0.05, 0) is 72.3 Å². The molecule has 1 fully saturated rings. The molecule has 4 rings (SSSR count). The number of thiophene rings is 1. The van der Waals surface area contributed by atoms with Gasteiger partial charge in [-0.25, -0.2) is 0 Å². The fourth-order valence-electron chi connectivity index (χ4n) is 3.82. The summed E-state index contributed by atoms with van der Waals surface area (Å²) in [6.45, 7) is 3.45. The first-order chi connectivity index (χ1) is 12.4. The van der Waals surface area contributed by atoms with Gasteiger partial charge in [-0.3, -0.25) is 10.00 Å². The number of aromatic amines is 1. The van der Waals surface area contributed by atoms with E-state index in [1.54, 1.807) is 11.3 Å². The molecule has 3 heterocycles. The van der Waals surface area contributed by atoms with Crippen molar-refractivity contribution in [2.24, 2.45) is 0 Å². The van der Waals surface area contributed by atoms with Crippen LogP contribution in [0.4, 0.5) is 0 Å². The lowest BCUT2D eigenvalue weighted by Crippen LogP contribution is -2.32. The molecule has 3 nitrogen and oxygen atoms in total. The Bertz CT molecular complexity index is 756. The maximum atomic E-state index is 4.35. The van der Waals surface area contributed by atoms with Gasteiger partial charge >= 0.3 is 0 Å². The molecule has 0 bridgehead atoms. The number of hydrogen-bond donors (Lipinski definition) is 1. The smallest absolute Gasteiger partial charge is 0.0522 e. The van der Waals surface area contributed by atoms with E-state index in [-0.39, 0.29) is 0 Å². The molecule has 130 valence electrons. The molecule has 0 unspecified atom stereocenters. The quantitative estimate of drug-likeness (QED) is 0.702. The first kappa shape index (κ1) is 16.6. The van der Waals surface area contributed by atoms with E-state index in [4.69, 9.17) is 0 Å². The second kappa shape index (κ2) is 7.98. The number of nitrogens with one attached hydrogen (secondary N) is 1. The van der Waals surface area contributed by atoms with Crippen molar-refractivity contribution < 1.29 is 0 Å². The third kappa shape index (κ3) is 4.20. The molecular formula is C21H25N3S. The van der Waals surface area contributed by atoms with E-state index in [2.05, 4.69) is 62.3 Å². The van der Waals surface area contributed by atoms with Crippen molar-refractivity contribution in [3.05, 3.63) is 75.7 Å². The zero-order valence-corrected chi connectivity index (χ0v) is 15.3. The predicted molar refractivity (Wildman–Crippen MR) is 104 cm³/mol. The molecule has 1 N–H and O–H groups in total. The van der Waals surface area contributed by atoms with Gasteiger partial charge < -0.3 is 0 Å². The minimum atomic E-state index is 0.631. The van der Waals surface area contributed by atoms with Gasteiger partial charge in [0.1, 0.15) is 0 Å². The summed E-state index contributed by atoms with van der Waals surface area (Å²) in [5, 5.41) is 12.1. The number of piperidine rings is 1. The van der Waals surface area contributed by atoms with Gasteiger partial charge in [-0.2, -0.15) is 16.4 Å². The number of hydrogen-bond acceptors (Lipinski definition) is 3. The molecule has 0 spiro atoms. The van der Waals surface area contributed by atoms with Gasteiger partial charge in [0.15, 0.2) is 0 Å². The lowest BCUT2D eigenvalue weighted by molar-refractivity contribution is 0.203. The zero-order valence-electron chi connectivity index (χ0n) is 14.5. The molecule has 1 aliphatic heterocycles. The lowest BCUT2D eigenvalue weighted by atomic mass is 9.90. The highest BCUT2D eigenvalue weighted by Crippen LogP contribution is 2.30. The summed E-state index contributed by atoms with van der Waals surface area (Å²) in [4.78, 5) is 2.58. The number of nitrogens with zero attached hydrogens (tertiary/aromatic N) is 2. The minimum Gasteiger partial charge on any atom is -0.299 e. The molecule has 0 aliphatic carbocycles. The molecule has 1 saturated heterocycles. The van der Waals surface area contributed by atoms with E-state index in [0.717, 1.165) is 19.4 Å². The largest absolute Gasteiger partial charge is 0.299 e. The molecule has 3 aromatic rings. The highest BCUT2D eigenvalue weighted by molar-refractivity contribution is 7.07. The fraction of sp³-hybridized carbons (Fsp3) is 0.381.